The molecule has 0 aliphatic carbocycles. The third kappa shape index (κ3) is 5.65. The fourth-order valence-corrected chi connectivity index (χ4v) is 6.88. The van der Waals surface area contributed by atoms with Crippen molar-refractivity contribution in [1.82, 2.24) is 49.5 Å². The van der Waals surface area contributed by atoms with Crippen LogP contribution in [0.15, 0.2) is 52.4 Å². The van der Waals surface area contributed by atoms with Crippen LogP contribution in [0.1, 0.15) is 49.6 Å². The number of hydrogen-bond donors (Lipinski definition) is 1. The molecule has 230 valence electrons. The summed E-state index contributed by atoms with van der Waals surface area (Å²) in [7, 11) is -3.97. The van der Waals surface area contributed by atoms with Crippen LogP contribution in [0.25, 0.3) is 16.9 Å². The summed E-state index contributed by atoms with van der Waals surface area (Å²) in [6.45, 7) is 7.03. The first-order valence-corrected chi connectivity index (χ1v) is 15.8. The van der Waals surface area contributed by atoms with E-state index in [0.717, 1.165) is 11.1 Å². The molecule has 0 saturated carbocycles. The Morgan fingerprint density at radius 1 is 1.00 bits per heavy atom. The third-order valence-electron chi connectivity index (χ3n) is 7.52. The lowest BCUT2D eigenvalue weighted by Gasteiger charge is -2.31. The van der Waals surface area contributed by atoms with Crippen LogP contribution in [-0.2, 0) is 16.6 Å². The Labute approximate surface area is 252 Å². The van der Waals surface area contributed by atoms with Crippen LogP contribution < -0.4 is 15.0 Å². The molecule has 4 heterocycles. The van der Waals surface area contributed by atoms with Crippen molar-refractivity contribution in [3.63, 3.8) is 0 Å². The van der Waals surface area contributed by atoms with E-state index in [2.05, 4.69) is 30.8 Å². The van der Waals surface area contributed by atoms with E-state index in [9.17, 15) is 13.2 Å². The smallest absolute Gasteiger partial charge is 0.281 e. The molecule has 0 unspecified atom stereocenters. The molecule has 2 aromatic carbocycles. The summed E-state index contributed by atoms with van der Waals surface area (Å²) in [5.41, 5.74) is 2.80. The number of sulfonamides is 1. The molecule has 6 rings (SSSR count). The van der Waals surface area contributed by atoms with Gasteiger partial charge in [0.1, 0.15) is 34.2 Å². The minimum atomic E-state index is -3.97. The lowest BCUT2D eigenvalue weighted by Crippen LogP contribution is -2.38. The summed E-state index contributed by atoms with van der Waals surface area (Å²) in [5, 5.41) is 19.5. The molecule has 44 heavy (non-hydrogen) atoms. The van der Waals surface area contributed by atoms with Crippen LogP contribution in [0.3, 0.4) is 0 Å². The van der Waals surface area contributed by atoms with Crippen LogP contribution in [0.2, 0.25) is 0 Å². The molecular weight excluding hydrogens is 588 g/mol. The number of benzene rings is 2. The Morgan fingerprint density at radius 2 is 1.73 bits per heavy atom. The van der Waals surface area contributed by atoms with Crippen molar-refractivity contribution in [2.45, 2.75) is 51.0 Å². The maximum Gasteiger partial charge on any atom is 0.281 e. The van der Waals surface area contributed by atoms with Crippen LogP contribution in [-0.4, -0.2) is 84.2 Å². The lowest BCUT2D eigenvalue weighted by atomic mass is 9.97. The van der Waals surface area contributed by atoms with Crippen LogP contribution in [0, 0.1) is 6.92 Å². The summed E-state index contributed by atoms with van der Waals surface area (Å²) in [6, 6.07) is 11.1. The van der Waals surface area contributed by atoms with E-state index in [1.807, 2.05) is 31.2 Å². The van der Waals surface area contributed by atoms with Gasteiger partial charge in [-0.05, 0) is 49.6 Å². The van der Waals surface area contributed by atoms with E-state index in [4.69, 9.17) is 14.5 Å². The molecule has 15 nitrogen and oxygen atoms in total. The zero-order chi connectivity index (χ0) is 30.8. The van der Waals surface area contributed by atoms with E-state index < -0.39 is 10.0 Å². The van der Waals surface area contributed by atoms with Crippen molar-refractivity contribution in [3.05, 3.63) is 70.0 Å². The minimum Gasteiger partial charge on any atom is -0.492 e. The standard InChI is InChI=1S/C28H32N10O5S/c1-4-42-22-15-24(23(43-5-2)14-21(22)38-17-29-33-35-38)44(40,41)36-12-10-20(11-13-36)26-30-27-25(28(39)31-26)32-34-37(27)16-19-8-6-18(3)7-9-19/h6-9,14-15,17,20H,4-5,10-13,16H2,1-3H3,(H,30,31,39). The summed E-state index contributed by atoms with van der Waals surface area (Å²) in [6.07, 6.45) is 2.31. The molecule has 0 atom stereocenters. The van der Waals surface area contributed by atoms with Gasteiger partial charge in [-0.15, -0.1) is 10.2 Å². The number of ether oxygens (including phenoxy) is 2. The minimum absolute atomic E-state index is 0.00268. The van der Waals surface area contributed by atoms with Gasteiger partial charge in [-0.2, -0.15) is 8.99 Å². The van der Waals surface area contributed by atoms with E-state index in [0.29, 0.717) is 48.9 Å². The van der Waals surface area contributed by atoms with Crippen molar-refractivity contribution in [2.75, 3.05) is 26.3 Å². The van der Waals surface area contributed by atoms with Gasteiger partial charge in [-0.25, -0.2) is 18.1 Å². The molecule has 0 amide bonds. The Morgan fingerprint density at radius 3 is 2.41 bits per heavy atom. The Kier molecular flexibility index (Phi) is 8.09. The van der Waals surface area contributed by atoms with Crippen molar-refractivity contribution < 1.29 is 17.9 Å². The van der Waals surface area contributed by atoms with Crippen LogP contribution in [0.4, 0.5) is 0 Å². The van der Waals surface area contributed by atoms with Crippen LogP contribution >= 0.6 is 0 Å². The molecule has 1 aliphatic heterocycles. The Balaban J connectivity index is 1.25. The molecule has 0 radical (unpaired) electrons. The largest absolute Gasteiger partial charge is 0.492 e. The molecule has 0 bridgehead atoms. The van der Waals surface area contributed by atoms with Gasteiger partial charge >= 0.3 is 0 Å². The highest BCUT2D eigenvalue weighted by molar-refractivity contribution is 7.89. The molecule has 1 aliphatic rings. The summed E-state index contributed by atoms with van der Waals surface area (Å²) in [5.74, 6) is 0.817. The second-order valence-electron chi connectivity index (χ2n) is 10.4. The van der Waals surface area contributed by atoms with E-state index in [1.54, 1.807) is 24.6 Å². The quantitative estimate of drug-likeness (QED) is 0.242. The molecule has 3 aromatic heterocycles. The fourth-order valence-electron chi connectivity index (χ4n) is 5.28. The van der Waals surface area contributed by atoms with Crippen molar-refractivity contribution in [2.24, 2.45) is 0 Å². The van der Waals surface area contributed by atoms with E-state index in [-0.39, 0.29) is 47.3 Å². The highest BCUT2D eigenvalue weighted by Gasteiger charge is 2.34. The highest BCUT2D eigenvalue weighted by atomic mass is 32.2. The monoisotopic (exact) mass is 620 g/mol. The number of aryl methyl sites for hydroxylation is 1. The van der Waals surface area contributed by atoms with Gasteiger partial charge in [-0.1, -0.05) is 35.0 Å². The number of piperidine rings is 1. The zero-order valence-electron chi connectivity index (χ0n) is 24.5. The number of H-pyrrole nitrogens is 1. The van der Waals surface area contributed by atoms with Gasteiger partial charge in [0.2, 0.25) is 10.0 Å². The number of nitrogens with zero attached hydrogens (tertiary/aromatic N) is 9. The number of rotatable bonds is 10. The van der Waals surface area contributed by atoms with Gasteiger partial charge in [0.05, 0.1) is 19.8 Å². The highest BCUT2D eigenvalue weighted by Crippen LogP contribution is 2.37. The third-order valence-corrected chi connectivity index (χ3v) is 9.44. The lowest BCUT2D eigenvalue weighted by molar-refractivity contribution is 0.304. The second-order valence-corrected chi connectivity index (χ2v) is 12.3. The van der Waals surface area contributed by atoms with Crippen molar-refractivity contribution in [3.8, 4) is 17.2 Å². The van der Waals surface area contributed by atoms with Gasteiger partial charge in [0, 0.05) is 31.1 Å². The normalized spacial score (nSPS) is 14.7. The maximum absolute atomic E-state index is 14.0. The molecular formula is C28H32N10O5S. The maximum atomic E-state index is 14.0. The first-order valence-electron chi connectivity index (χ1n) is 14.3. The van der Waals surface area contributed by atoms with Crippen molar-refractivity contribution >= 4 is 21.2 Å². The second kappa shape index (κ2) is 12.1. The first-order chi connectivity index (χ1) is 21.3. The zero-order valence-corrected chi connectivity index (χ0v) is 25.4. The molecule has 0 spiro atoms. The van der Waals surface area contributed by atoms with E-state index >= 15 is 0 Å². The summed E-state index contributed by atoms with van der Waals surface area (Å²) >= 11 is 0. The molecule has 1 saturated heterocycles. The van der Waals surface area contributed by atoms with Crippen LogP contribution in [0.5, 0.6) is 11.5 Å². The van der Waals surface area contributed by atoms with Gasteiger partial charge in [-0.3, -0.25) is 4.79 Å². The van der Waals surface area contributed by atoms with Gasteiger partial charge < -0.3 is 14.5 Å². The molecule has 1 fully saturated rings. The predicted molar refractivity (Wildman–Crippen MR) is 158 cm³/mol. The Bertz CT molecular complexity index is 1930. The topological polar surface area (TPSA) is 176 Å². The number of fused-ring (bicyclic) bond motifs is 1. The van der Waals surface area contributed by atoms with Crippen molar-refractivity contribution in [1.29, 1.82) is 0 Å². The predicted octanol–water partition coefficient (Wildman–Crippen LogP) is 2.21. The molecule has 1 N–H and O–H groups in total. The molecule has 5 aromatic rings. The first kappa shape index (κ1) is 29.4. The van der Waals surface area contributed by atoms with Gasteiger partial charge in [0.25, 0.3) is 5.56 Å². The Hall–Kier alpha value is -4.70. The average Bonchev–Trinajstić information content (AvgIpc) is 3.70. The fraction of sp³-hybridized carbons (Fsp3) is 0.393. The number of tetrazole rings is 1. The molecule has 16 heteroatoms. The SMILES string of the molecule is CCOc1cc(S(=O)(=O)N2CCC(c3nc4c(nnn4Cc4ccc(C)cc4)c(=O)[nH]3)CC2)c(OCC)cc1-n1cnnn1. The number of aromatic nitrogens is 9. The van der Waals surface area contributed by atoms with Gasteiger partial charge in [0.15, 0.2) is 11.2 Å². The average molecular weight is 621 g/mol. The summed E-state index contributed by atoms with van der Waals surface area (Å²) < 4.78 is 43.9. The summed E-state index contributed by atoms with van der Waals surface area (Å²) in [4.78, 5) is 20.5. The number of aromatic amines is 1. The number of hydrogen-bond acceptors (Lipinski definition) is 11. The van der Waals surface area contributed by atoms with E-state index in [1.165, 1.54) is 21.4 Å². The number of nitrogens with one attached hydrogen (secondary N) is 1.